The van der Waals surface area contributed by atoms with Crippen LogP contribution in [-0.4, -0.2) is 56.7 Å². The van der Waals surface area contributed by atoms with Crippen molar-refractivity contribution in [2.45, 2.75) is 31.4 Å². The summed E-state index contributed by atoms with van der Waals surface area (Å²) in [6, 6.07) is 10.9. The summed E-state index contributed by atoms with van der Waals surface area (Å²) in [5.74, 6) is 0.151. The van der Waals surface area contributed by atoms with Gasteiger partial charge >= 0.3 is 0 Å². The van der Waals surface area contributed by atoms with E-state index in [1.165, 1.54) is 5.69 Å². The number of carbonyl (C=O) groups is 1. The highest BCUT2D eigenvalue weighted by Crippen LogP contribution is 2.22. The quantitative estimate of drug-likeness (QED) is 0.865. The van der Waals surface area contributed by atoms with Gasteiger partial charge in [0.1, 0.15) is 0 Å². The number of amides is 1. The van der Waals surface area contributed by atoms with Crippen LogP contribution in [0.15, 0.2) is 30.3 Å². The van der Waals surface area contributed by atoms with Gasteiger partial charge in [-0.1, -0.05) is 18.2 Å². The molecule has 1 fully saturated rings. The van der Waals surface area contributed by atoms with Crippen molar-refractivity contribution in [3.8, 4) is 0 Å². The van der Waals surface area contributed by atoms with E-state index >= 15 is 0 Å². The Morgan fingerprint density at radius 2 is 2.00 bits per heavy atom. The van der Waals surface area contributed by atoms with E-state index in [-0.39, 0.29) is 12.0 Å². The van der Waals surface area contributed by atoms with Gasteiger partial charge in [-0.3, -0.25) is 4.79 Å². The Balaban J connectivity index is 1.84. The third-order valence-corrected chi connectivity index (χ3v) is 4.53. The fraction of sp³-hybridized carbons (Fsp3) is 0.588. The number of likely N-dealkylation sites (tertiary alicyclic amines) is 1. The molecule has 1 aromatic carbocycles. The Bertz CT molecular complexity index is 454. The lowest BCUT2D eigenvalue weighted by Gasteiger charge is -2.38. The van der Waals surface area contributed by atoms with Crippen molar-refractivity contribution < 1.29 is 9.53 Å². The average molecular weight is 305 g/mol. The summed E-state index contributed by atoms with van der Waals surface area (Å²) in [5.41, 5.74) is 6.82. The number of anilines is 1. The molecule has 1 unspecified atom stereocenters. The minimum absolute atomic E-state index is 0.151. The first-order valence-electron chi connectivity index (χ1n) is 7.94. The molecule has 2 rings (SSSR count). The van der Waals surface area contributed by atoms with Crippen LogP contribution in [0.3, 0.4) is 0 Å². The van der Waals surface area contributed by atoms with Crippen LogP contribution in [0.5, 0.6) is 0 Å². The van der Waals surface area contributed by atoms with Gasteiger partial charge in [0.15, 0.2) is 0 Å². The number of carbonyl (C=O) groups excluding carboxylic acids is 1. The van der Waals surface area contributed by atoms with Crippen LogP contribution in [0.4, 0.5) is 5.69 Å². The van der Waals surface area contributed by atoms with Crippen molar-refractivity contribution in [2.24, 2.45) is 5.73 Å². The predicted octanol–water partition coefficient (Wildman–Crippen LogP) is 1.48. The van der Waals surface area contributed by atoms with Crippen molar-refractivity contribution >= 4 is 11.6 Å². The molecule has 1 aliphatic rings. The fourth-order valence-corrected chi connectivity index (χ4v) is 2.96. The number of methoxy groups -OCH3 is 1. The maximum atomic E-state index is 12.2. The van der Waals surface area contributed by atoms with Crippen LogP contribution >= 0.6 is 0 Å². The van der Waals surface area contributed by atoms with Crippen LogP contribution in [0, 0.1) is 0 Å². The number of ether oxygens (including phenoxy) is 1. The van der Waals surface area contributed by atoms with Crippen molar-refractivity contribution in [3.63, 3.8) is 0 Å². The van der Waals surface area contributed by atoms with Gasteiger partial charge in [0.05, 0.1) is 12.5 Å². The molecular formula is C17H27N3O2. The number of hydrogen-bond donors (Lipinski definition) is 1. The SMILES string of the molecule is COC(CN)CC(=O)N1CCC(N(C)c2ccccc2)CC1. The van der Waals surface area contributed by atoms with Gasteiger partial charge < -0.3 is 20.3 Å². The predicted molar refractivity (Wildman–Crippen MR) is 88.9 cm³/mol. The molecule has 1 aliphatic heterocycles. The van der Waals surface area contributed by atoms with E-state index in [1.807, 2.05) is 11.0 Å². The fourth-order valence-electron chi connectivity index (χ4n) is 2.96. The van der Waals surface area contributed by atoms with E-state index in [0.29, 0.717) is 19.0 Å². The molecule has 22 heavy (non-hydrogen) atoms. The molecule has 1 atom stereocenters. The first-order valence-corrected chi connectivity index (χ1v) is 7.94. The lowest BCUT2D eigenvalue weighted by Crippen LogP contribution is -2.46. The van der Waals surface area contributed by atoms with Crippen LogP contribution in [0.2, 0.25) is 0 Å². The van der Waals surface area contributed by atoms with E-state index in [0.717, 1.165) is 25.9 Å². The zero-order chi connectivity index (χ0) is 15.9. The van der Waals surface area contributed by atoms with Gasteiger partial charge in [-0.25, -0.2) is 0 Å². The highest BCUT2D eigenvalue weighted by atomic mass is 16.5. The molecule has 0 saturated carbocycles. The minimum Gasteiger partial charge on any atom is -0.380 e. The normalized spacial score (nSPS) is 17.3. The van der Waals surface area contributed by atoms with Gasteiger partial charge in [0.25, 0.3) is 0 Å². The first-order chi connectivity index (χ1) is 10.7. The number of benzene rings is 1. The van der Waals surface area contributed by atoms with Gasteiger partial charge in [-0.2, -0.15) is 0 Å². The maximum absolute atomic E-state index is 12.2. The Kier molecular flexibility index (Phi) is 6.21. The van der Waals surface area contributed by atoms with E-state index in [1.54, 1.807) is 7.11 Å². The zero-order valence-corrected chi connectivity index (χ0v) is 13.6. The summed E-state index contributed by atoms with van der Waals surface area (Å²) in [6.45, 7) is 2.00. The van der Waals surface area contributed by atoms with Crippen molar-refractivity contribution in [1.29, 1.82) is 0 Å². The molecule has 0 spiro atoms. The third-order valence-electron chi connectivity index (χ3n) is 4.53. The second kappa shape index (κ2) is 8.15. The van der Waals surface area contributed by atoms with E-state index in [4.69, 9.17) is 10.5 Å². The Morgan fingerprint density at radius 1 is 1.36 bits per heavy atom. The highest BCUT2D eigenvalue weighted by molar-refractivity contribution is 5.76. The molecule has 1 saturated heterocycles. The van der Waals surface area contributed by atoms with Gasteiger partial charge in [-0.05, 0) is 25.0 Å². The van der Waals surface area contributed by atoms with Crippen LogP contribution in [-0.2, 0) is 9.53 Å². The molecular weight excluding hydrogens is 278 g/mol. The summed E-state index contributed by atoms with van der Waals surface area (Å²) in [4.78, 5) is 16.5. The number of nitrogens with two attached hydrogens (primary N) is 1. The topological polar surface area (TPSA) is 58.8 Å². The van der Waals surface area contributed by atoms with Crippen LogP contribution in [0.25, 0.3) is 0 Å². The molecule has 2 N–H and O–H groups in total. The first kappa shape index (κ1) is 16.8. The highest BCUT2D eigenvalue weighted by Gasteiger charge is 2.26. The zero-order valence-electron chi connectivity index (χ0n) is 13.6. The summed E-state index contributed by atoms with van der Waals surface area (Å²) >= 11 is 0. The van der Waals surface area contributed by atoms with Crippen molar-refractivity contribution in [1.82, 2.24) is 4.90 Å². The Hall–Kier alpha value is -1.59. The Morgan fingerprint density at radius 3 is 2.55 bits per heavy atom. The summed E-state index contributed by atoms with van der Waals surface area (Å²) in [5, 5.41) is 0. The van der Waals surface area contributed by atoms with Crippen molar-refractivity contribution in [3.05, 3.63) is 30.3 Å². The minimum atomic E-state index is -0.169. The average Bonchev–Trinajstić information content (AvgIpc) is 2.59. The molecule has 0 aliphatic carbocycles. The maximum Gasteiger partial charge on any atom is 0.225 e. The second-order valence-electron chi connectivity index (χ2n) is 5.86. The summed E-state index contributed by atoms with van der Waals surface area (Å²) in [7, 11) is 3.73. The number of hydrogen-bond acceptors (Lipinski definition) is 4. The molecule has 5 nitrogen and oxygen atoms in total. The summed E-state index contributed by atoms with van der Waals surface area (Å²) in [6.07, 6.45) is 2.21. The molecule has 1 heterocycles. The number of rotatable bonds is 6. The summed E-state index contributed by atoms with van der Waals surface area (Å²) < 4.78 is 5.20. The second-order valence-corrected chi connectivity index (χ2v) is 5.86. The lowest BCUT2D eigenvalue weighted by atomic mass is 10.0. The molecule has 1 aromatic rings. The molecule has 0 radical (unpaired) electrons. The van der Waals surface area contributed by atoms with Crippen molar-refractivity contribution in [2.75, 3.05) is 38.7 Å². The molecule has 122 valence electrons. The largest absolute Gasteiger partial charge is 0.380 e. The molecule has 5 heteroatoms. The third kappa shape index (κ3) is 4.21. The van der Waals surface area contributed by atoms with E-state index in [9.17, 15) is 4.79 Å². The van der Waals surface area contributed by atoms with Gasteiger partial charge in [0.2, 0.25) is 5.91 Å². The number of piperidine rings is 1. The van der Waals surface area contributed by atoms with Crippen LogP contribution in [0.1, 0.15) is 19.3 Å². The van der Waals surface area contributed by atoms with Gasteiger partial charge in [0, 0.05) is 45.5 Å². The monoisotopic (exact) mass is 305 g/mol. The molecule has 1 amide bonds. The smallest absolute Gasteiger partial charge is 0.225 e. The van der Waals surface area contributed by atoms with Crippen LogP contribution < -0.4 is 10.6 Å². The van der Waals surface area contributed by atoms with E-state index in [2.05, 4.69) is 36.2 Å². The van der Waals surface area contributed by atoms with Gasteiger partial charge in [-0.15, -0.1) is 0 Å². The standard InChI is InChI=1S/C17H27N3O2/c1-19(14-6-4-3-5-7-14)15-8-10-20(11-9-15)17(21)12-16(13-18)22-2/h3-7,15-16H,8-13,18H2,1-2H3. The number of para-hydroxylation sites is 1. The lowest BCUT2D eigenvalue weighted by molar-refractivity contribution is -0.134. The molecule has 0 aromatic heterocycles. The van der Waals surface area contributed by atoms with E-state index < -0.39 is 0 Å². The number of nitrogens with zero attached hydrogens (tertiary/aromatic N) is 2. The Labute approximate surface area is 133 Å². The molecule has 0 bridgehead atoms.